The van der Waals surface area contributed by atoms with Crippen LogP contribution in [0, 0.1) is 5.41 Å². The Hall–Kier alpha value is -1.85. The van der Waals surface area contributed by atoms with E-state index < -0.39 is 17.4 Å². The zero-order valence-corrected chi connectivity index (χ0v) is 10.2. The zero-order chi connectivity index (χ0) is 13.1. The summed E-state index contributed by atoms with van der Waals surface area (Å²) in [5, 5.41) is 15.5. The summed E-state index contributed by atoms with van der Waals surface area (Å²) in [6.45, 7) is 4.92. The second-order valence-electron chi connectivity index (χ2n) is 4.57. The molecule has 0 aromatic carbocycles. The highest BCUT2D eigenvalue weighted by Gasteiger charge is 2.28. The van der Waals surface area contributed by atoms with Gasteiger partial charge in [-0.1, -0.05) is 0 Å². The number of hydrogen-bond donors (Lipinski definition) is 2. The lowest BCUT2D eigenvalue weighted by molar-refractivity contribution is -0.146. The molecule has 2 N–H and O–H groups in total. The van der Waals surface area contributed by atoms with Gasteiger partial charge in [-0.2, -0.15) is 5.10 Å². The lowest BCUT2D eigenvalue weighted by Gasteiger charge is -2.21. The van der Waals surface area contributed by atoms with Crippen molar-refractivity contribution in [3.8, 4) is 0 Å². The number of aliphatic carboxylic acids is 1. The van der Waals surface area contributed by atoms with Gasteiger partial charge in [0.2, 0.25) is 5.91 Å². The van der Waals surface area contributed by atoms with Gasteiger partial charge in [-0.05, 0) is 26.8 Å². The van der Waals surface area contributed by atoms with E-state index >= 15 is 0 Å². The molecule has 0 fully saturated rings. The maximum Gasteiger partial charge on any atom is 0.310 e. The molecule has 0 bridgehead atoms. The highest BCUT2D eigenvalue weighted by atomic mass is 16.4. The van der Waals surface area contributed by atoms with E-state index in [1.807, 2.05) is 0 Å². The van der Waals surface area contributed by atoms with E-state index in [0.29, 0.717) is 0 Å². The van der Waals surface area contributed by atoms with Gasteiger partial charge in [-0.3, -0.25) is 14.3 Å². The van der Waals surface area contributed by atoms with E-state index in [1.54, 1.807) is 39.2 Å². The van der Waals surface area contributed by atoms with Crippen molar-refractivity contribution in [2.75, 3.05) is 6.54 Å². The first-order valence-electron chi connectivity index (χ1n) is 5.35. The molecule has 1 atom stereocenters. The van der Waals surface area contributed by atoms with Crippen molar-refractivity contribution in [3.63, 3.8) is 0 Å². The van der Waals surface area contributed by atoms with Crippen LogP contribution >= 0.6 is 0 Å². The number of aromatic nitrogens is 2. The van der Waals surface area contributed by atoms with Crippen LogP contribution in [0.1, 0.15) is 26.8 Å². The SMILES string of the molecule is CC(C(=O)NCC(C)(C)C(=O)O)n1cccn1. The Kier molecular flexibility index (Phi) is 3.88. The number of carboxylic acid groups (broad SMARTS) is 1. The van der Waals surface area contributed by atoms with Crippen LogP contribution in [0.5, 0.6) is 0 Å². The number of nitrogens with zero attached hydrogens (tertiary/aromatic N) is 2. The predicted molar refractivity (Wildman–Crippen MR) is 61.4 cm³/mol. The molecule has 0 aliphatic rings. The number of carbonyl (C=O) groups excluding carboxylic acids is 1. The fourth-order valence-corrected chi connectivity index (χ4v) is 1.16. The van der Waals surface area contributed by atoms with Crippen molar-refractivity contribution in [2.45, 2.75) is 26.8 Å². The minimum atomic E-state index is -0.973. The molecule has 17 heavy (non-hydrogen) atoms. The Labute approximate surface area is 99.6 Å². The molecule has 1 heterocycles. The van der Waals surface area contributed by atoms with Crippen molar-refractivity contribution in [1.29, 1.82) is 0 Å². The third-order valence-electron chi connectivity index (χ3n) is 2.58. The van der Waals surface area contributed by atoms with Gasteiger partial charge in [0, 0.05) is 18.9 Å². The Balaban J connectivity index is 2.54. The number of carboxylic acids is 1. The summed E-state index contributed by atoms with van der Waals surface area (Å²) in [7, 11) is 0. The number of hydrogen-bond acceptors (Lipinski definition) is 3. The summed E-state index contributed by atoms with van der Waals surface area (Å²) < 4.78 is 1.52. The second kappa shape index (κ2) is 4.99. The average Bonchev–Trinajstić information content (AvgIpc) is 2.78. The first-order chi connectivity index (χ1) is 7.84. The molecule has 0 spiro atoms. The molecule has 6 nitrogen and oxygen atoms in total. The first kappa shape index (κ1) is 13.2. The molecule has 1 unspecified atom stereocenters. The highest BCUT2D eigenvalue weighted by Crippen LogP contribution is 2.13. The van der Waals surface area contributed by atoms with Crippen LogP contribution < -0.4 is 5.32 Å². The number of amides is 1. The van der Waals surface area contributed by atoms with E-state index in [9.17, 15) is 9.59 Å². The molecular weight excluding hydrogens is 222 g/mol. The van der Waals surface area contributed by atoms with Crippen LogP contribution in [0.4, 0.5) is 0 Å². The molecule has 1 amide bonds. The topological polar surface area (TPSA) is 84.2 Å². The summed E-state index contributed by atoms with van der Waals surface area (Å²) in [6.07, 6.45) is 3.28. The average molecular weight is 239 g/mol. The van der Waals surface area contributed by atoms with Crippen LogP contribution in [0.3, 0.4) is 0 Å². The van der Waals surface area contributed by atoms with Crippen molar-refractivity contribution in [3.05, 3.63) is 18.5 Å². The fraction of sp³-hybridized carbons (Fsp3) is 0.545. The molecule has 6 heteroatoms. The Morgan fingerprint density at radius 1 is 1.53 bits per heavy atom. The van der Waals surface area contributed by atoms with Crippen molar-refractivity contribution < 1.29 is 14.7 Å². The monoisotopic (exact) mass is 239 g/mol. The summed E-state index contributed by atoms with van der Waals surface area (Å²) in [5.41, 5.74) is -0.973. The van der Waals surface area contributed by atoms with Crippen LogP contribution in [0.25, 0.3) is 0 Å². The van der Waals surface area contributed by atoms with Gasteiger partial charge in [-0.25, -0.2) is 0 Å². The third-order valence-corrected chi connectivity index (χ3v) is 2.58. The summed E-state index contributed by atoms with van der Waals surface area (Å²) >= 11 is 0. The van der Waals surface area contributed by atoms with E-state index in [1.165, 1.54) is 4.68 Å². The maximum atomic E-state index is 11.7. The molecule has 0 saturated carbocycles. The molecule has 0 radical (unpaired) electrons. The molecular formula is C11H17N3O3. The van der Waals surface area contributed by atoms with Gasteiger partial charge in [-0.15, -0.1) is 0 Å². The Bertz CT molecular complexity index is 398. The molecule has 0 aliphatic heterocycles. The highest BCUT2D eigenvalue weighted by molar-refractivity contribution is 5.81. The second-order valence-corrected chi connectivity index (χ2v) is 4.57. The van der Waals surface area contributed by atoms with Gasteiger partial charge in [0.15, 0.2) is 0 Å². The Morgan fingerprint density at radius 2 is 2.18 bits per heavy atom. The van der Waals surface area contributed by atoms with E-state index in [4.69, 9.17) is 5.11 Å². The largest absolute Gasteiger partial charge is 0.481 e. The Morgan fingerprint density at radius 3 is 2.65 bits per heavy atom. The lowest BCUT2D eigenvalue weighted by atomic mass is 9.94. The lowest BCUT2D eigenvalue weighted by Crippen LogP contribution is -2.41. The van der Waals surface area contributed by atoms with Gasteiger partial charge in [0.05, 0.1) is 5.41 Å². The van der Waals surface area contributed by atoms with Gasteiger partial charge < -0.3 is 10.4 Å². The number of rotatable bonds is 5. The quantitative estimate of drug-likeness (QED) is 0.791. The number of carbonyl (C=O) groups is 2. The van der Waals surface area contributed by atoms with E-state index in [-0.39, 0.29) is 12.5 Å². The first-order valence-corrected chi connectivity index (χ1v) is 5.35. The normalized spacial score (nSPS) is 13.1. The standard InChI is InChI=1S/C11H17N3O3/c1-8(14-6-4-5-13-14)9(15)12-7-11(2,3)10(16)17/h4-6,8H,7H2,1-3H3,(H,12,15)(H,16,17). The van der Waals surface area contributed by atoms with Crippen LogP contribution in [0.15, 0.2) is 18.5 Å². The molecule has 0 saturated heterocycles. The van der Waals surface area contributed by atoms with Crippen LogP contribution in [0.2, 0.25) is 0 Å². The molecule has 1 aromatic heterocycles. The van der Waals surface area contributed by atoms with Crippen molar-refractivity contribution in [1.82, 2.24) is 15.1 Å². The summed E-state index contributed by atoms with van der Waals surface area (Å²) in [4.78, 5) is 22.6. The smallest absolute Gasteiger partial charge is 0.310 e. The third kappa shape index (κ3) is 3.30. The minimum absolute atomic E-state index is 0.0901. The summed E-state index contributed by atoms with van der Waals surface area (Å²) in [5.74, 6) is -1.19. The molecule has 0 aliphatic carbocycles. The van der Waals surface area contributed by atoms with Gasteiger partial charge >= 0.3 is 5.97 Å². The molecule has 1 rings (SSSR count). The van der Waals surface area contributed by atoms with Gasteiger partial charge in [0.25, 0.3) is 0 Å². The number of nitrogens with one attached hydrogen (secondary N) is 1. The molecule has 94 valence electrons. The van der Waals surface area contributed by atoms with E-state index in [2.05, 4.69) is 10.4 Å². The van der Waals surface area contributed by atoms with Crippen LogP contribution in [-0.4, -0.2) is 33.3 Å². The predicted octanol–water partition coefficient (Wildman–Crippen LogP) is 0.671. The minimum Gasteiger partial charge on any atom is -0.481 e. The zero-order valence-electron chi connectivity index (χ0n) is 10.2. The van der Waals surface area contributed by atoms with Gasteiger partial charge in [0.1, 0.15) is 6.04 Å². The maximum absolute atomic E-state index is 11.7. The summed E-state index contributed by atoms with van der Waals surface area (Å²) in [6, 6.07) is 1.28. The molecule has 1 aromatic rings. The van der Waals surface area contributed by atoms with E-state index in [0.717, 1.165) is 0 Å². The van der Waals surface area contributed by atoms with Crippen LogP contribution in [-0.2, 0) is 9.59 Å². The van der Waals surface area contributed by atoms with Crippen molar-refractivity contribution in [2.24, 2.45) is 5.41 Å². The fourth-order valence-electron chi connectivity index (χ4n) is 1.16. The van der Waals surface area contributed by atoms with Crippen molar-refractivity contribution >= 4 is 11.9 Å².